The van der Waals surface area contributed by atoms with E-state index >= 15 is 0 Å². The fourth-order valence-corrected chi connectivity index (χ4v) is 3.33. The average Bonchev–Trinajstić information content (AvgIpc) is 2.71. The molecule has 3 aromatic rings. The highest BCUT2D eigenvalue weighted by molar-refractivity contribution is 5.88. The van der Waals surface area contributed by atoms with Crippen LogP contribution in [-0.2, 0) is 12.8 Å². The van der Waals surface area contributed by atoms with Crippen LogP contribution in [0.25, 0.3) is 22.3 Å². The van der Waals surface area contributed by atoms with Crippen LogP contribution in [0.1, 0.15) is 25.0 Å². The first-order chi connectivity index (χ1) is 15.0. The molecule has 5 N–H and O–H groups in total. The van der Waals surface area contributed by atoms with E-state index in [1.54, 1.807) is 26.0 Å². The maximum atomic E-state index is 12.8. The van der Waals surface area contributed by atoms with Gasteiger partial charge in [0.15, 0.2) is 5.43 Å². The molecule has 0 spiro atoms. The van der Waals surface area contributed by atoms with Gasteiger partial charge < -0.3 is 29.9 Å². The van der Waals surface area contributed by atoms with E-state index in [1.807, 2.05) is 0 Å². The van der Waals surface area contributed by atoms with Crippen molar-refractivity contribution in [2.45, 2.75) is 38.9 Å². The van der Waals surface area contributed by atoms with Crippen LogP contribution in [0.4, 0.5) is 0 Å². The molecule has 1 heterocycles. The number of phenolic OH excluding ortho intramolecular Hbond substituents is 3. The Morgan fingerprint density at radius 2 is 1.56 bits per heavy atom. The van der Waals surface area contributed by atoms with Gasteiger partial charge in [-0.05, 0) is 37.6 Å². The first-order valence-electron chi connectivity index (χ1n) is 10.0. The van der Waals surface area contributed by atoms with Crippen molar-refractivity contribution in [2.24, 2.45) is 0 Å². The number of aromatic hydroxyl groups is 3. The molecule has 2 atom stereocenters. The second-order valence-corrected chi connectivity index (χ2v) is 8.05. The van der Waals surface area contributed by atoms with Gasteiger partial charge in [-0.15, -0.1) is 0 Å². The smallest absolute Gasteiger partial charge is 0.197 e. The van der Waals surface area contributed by atoms with Crippen LogP contribution in [-0.4, -0.2) is 37.7 Å². The molecule has 32 heavy (non-hydrogen) atoms. The zero-order valence-corrected chi connectivity index (χ0v) is 17.9. The third-order valence-corrected chi connectivity index (χ3v) is 5.39. The molecule has 3 rings (SSSR count). The predicted molar refractivity (Wildman–Crippen MR) is 122 cm³/mol. The highest BCUT2D eigenvalue weighted by Crippen LogP contribution is 2.37. The summed E-state index contributed by atoms with van der Waals surface area (Å²) in [5, 5.41) is 51.1. The first kappa shape index (κ1) is 23.1. The van der Waals surface area contributed by atoms with Gasteiger partial charge in [0, 0.05) is 36.1 Å². The molecule has 2 unspecified atom stereocenters. The SMILES string of the molecule is C=C(C)C(O)Cc1cc(-c2cc(=O)c3c(O)c(CC(O)C(=C)C)c(O)cc3o2)ccc1O. The molecule has 0 aliphatic heterocycles. The molecule has 0 bridgehead atoms. The van der Waals surface area contributed by atoms with Crippen LogP contribution >= 0.6 is 0 Å². The lowest BCUT2D eigenvalue weighted by Gasteiger charge is -2.15. The third-order valence-electron chi connectivity index (χ3n) is 5.39. The van der Waals surface area contributed by atoms with E-state index in [4.69, 9.17) is 4.42 Å². The van der Waals surface area contributed by atoms with Crippen molar-refractivity contribution in [2.75, 3.05) is 0 Å². The molecule has 7 heteroatoms. The van der Waals surface area contributed by atoms with Gasteiger partial charge >= 0.3 is 0 Å². The van der Waals surface area contributed by atoms with E-state index in [1.165, 1.54) is 18.2 Å². The van der Waals surface area contributed by atoms with Crippen molar-refractivity contribution < 1.29 is 29.9 Å². The van der Waals surface area contributed by atoms with Gasteiger partial charge in [0.1, 0.15) is 34.0 Å². The van der Waals surface area contributed by atoms with Crippen LogP contribution in [0, 0.1) is 0 Å². The number of hydrogen-bond acceptors (Lipinski definition) is 7. The Kier molecular flexibility index (Phi) is 6.43. The molecule has 0 fully saturated rings. The quantitative estimate of drug-likeness (QED) is 0.357. The first-order valence-corrected chi connectivity index (χ1v) is 10.0. The predicted octanol–water partition coefficient (Wildman–Crippen LogP) is 3.54. The Hall–Kier alpha value is -3.55. The van der Waals surface area contributed by atoms with Crippen LogP contribution in [0.5, 0.6) is 17.2 Å². The lowest BCUT2D eigenvalue weighted by atomic mass is 9.98. The number of aliphatic hydroxyl groups is 2. The summed E-state index contributed by atoms with van der Waals surface area (Å²) >= 11 is 0. The van der Waals surface area contributed by atoms with E-state index in [9.17, 15) is 30.3 Å². The number of fused-ring (bicyclic) bond motifs is 1. The standard InChI is InChI=1S/C25H26O7/c1-12(2)18(27)8-15-7-14(5-6-17(15)26)22-11-21(30)24-23(32-22)10-20(29)16(25(24)31)9-19(28)13(3)4/h5-7,10-11,18-19,26-29,31H,1,3,8-9H2,2,4H3. The van der Waals surface area contributed by atoms with Crippen LogP contribution in [0.3, 0.4) is 0 Å². The van der Waals surface area contributed by atoms with Gasteiger partial charge in [0.05, 0.1) is 12.2 Å². The summed E-state index contributed by atoms with van der Waals surface area (Å²) in [7, 11) is 0. The Morgan fingerprint density at radius 3 is 2.19 bits per heavy atom. The Labute approximate surface area is 184 Å². The minimum atomic E-state index is -1.000. The topological polar surface area (TPSA) is 131 Å². The van der Waals surface area contributed by atoms with E-state index in [2.05, 4.69) is 13.2 Å². The third kappa shape index (κ3) is 4.54. The van der Waals surface area contributed by atoms with E-state index in [0.29, 0.717) is 22.3 Å². The van der Waals surface area contributed by atoms with E-state index < -0.39 is 23.4 Å². The maximum Gasteiger partial charge on any atom is 0.197 e. The monoisotopic (exact) mass is 438 g/mol. The summed E-state index contributed by atoms with van der Waals surface area (Å²) in [6.07, 6.45) is -1.83. The number of rotatable bonds is 7. The molecule has 168 valence electrons. The molecule has 0 aliphatic rings. The van der Waals surface area contributed by atoms with Crippen LogP contribution in [0.2, 0.25) is 0 Å². The van der Waals surface area contributed by atoms with Gasteiger partial charge in [-0.25, -0.2) is 0 Å². The zero-order chi connectivity index (χ0) is 23.7. The van der Waals surface area contributed by atoms with Gasteiger partial charge in [-0.2, -0.15) is 0 Å². The summed E-state index contributed by atoms with van der Waals surface area (Å²) < 4.78 is 5.78. The number of phenols is 3. The van der Waals surface area contributed by atoms with Crippen LogP contribution < -0.4 is 5.43 Å². The molecule has 0 aliphatic carbocycles. The highest BCUT2D eigenvalue weighted by atomic mass is 16.3. The van der Waals surface area contributed by atoms with Crippen molar-refractivity contribution in [3.63, 3.8) is 0 Å². The summed E-state index contributed by atoms with van der Waals surface area (Å²) in [5.41, 5.74) is 1.35. The average molecular weight is 438 g/mol. The summed E-state index contributed by atoms with van der Waals surface area (Å²) in [4.78, 5) is 12.8. The molecule has 1 aromatic heterocycles. The normalized spacial score (nSPS) is 13.1. The van der Waals surface area contributed by atoms with Crippen molar-refractivity contribution in [3.05, 3.63) is 76.0 Å². The van der Waals surface area contributed by atoms with Gasteiger partial charge in [-0.1, -0.05) is 24.3 Å². The van der Waals surface area contributed by atoms with Crippen molar-refractivity contribution >= 4 is 11.0 Å². The Bertz CT molecular complexity index is 1270. The number of benzene rings is 2. The highest BCUT2D eigenvalue weighted by Gasteiger charge is 2.21. The van der Waals surface area contributed by atoms with Crippen molar-refractivity contribution in [3.8, 4) is 28.6 Å². The maximum absolute atomic E-state index is 12.8. The molecule has 7 nitrogen and oxygen atoms in total. The largest absolute Gasteiger partial charge is 0.508 e. The molecule has 2 aromatic carbocycles. The second-order valence-electron chi connectivity index (χ2n) is 8.05. The van der Waals surface area contributed by atoms with Gasteiger partial charge in [-0.3, -0.25) is 4.79 Å². The lowest BCUT2D eigenvalue weighted by molar-refractivity contribution is 0.209. The second kappa shape index (κ2) is 8.90. The van der Waals surface area contributed by atoms with Gasteiger partial charge in [0.2, 0.25) is 0 Å². The minimum Gasteiger partial charge on any atom is -0.508 e. The van der Waals surface area contributed by atoms with Crippen LogP contribution in [0.15, 0.2) is 63.8 Å². The fourth-order valence-electron chi connectivity index (χ4n) is 3.33. The zero-order valence-electron chi connectivity index (χ0n) is 17.9. The Morgan fingerprint density at radius 1 is 0.938 bits per heavy atom. The molecule has 0 amide bonds. The summed E-state index contributed by atoms with van der Waals surface area (Å²) in [5.74, 6) is -0.654. The number of hydrogen-bond donors (Lipinski definition) is 5. The van der Waals surface area contributed by atoms with E-state index in [0.717, 1.165) is 0 Å². The summed E-state index contributed by atoms with van der Waals surface area (Å²) in [6, 6.07) is 6.98. The molecular weight excluding hydrogens is 412 g/mol. The number of aliphatic hydroxyl groups excluding tert-OH is 2. The molecule has 0 radical (unpaired) electrons. The summed E-state index contributed by atoms with van der Waals surface area (Å²) in [6.45, 7) is 10.6. The van der Waals surface area contributed by atoms with Gasteiger partial charge in [0.25, 0.3) is 0 Å². The lowest BCUT2D eigenvalue weighted by Crippen LogP contribution is -2.12. The van der Waals surface area contributed by atoms with E-state index in [-0.39, 0.29) is 46.6 Å². The molecule has 0 saturated heterocycles. The fraction of sp³-hybridized carbons (Fsp3) is 0.240. The molecule has 0 saturated carbocycles. The Balaban J connectivity index is 2.10. The minimum absolute atomic E-state index is 0.0202. The molecular formula is C25H26O7. The van der Waals surface area contributed by atoms with Crippen molar-refractivity contribution in [1.29, 1.82) is 0 Å². The van der Waals surface area contributed by atoms with Crippen molar-refractivity contribution in [1.82, 2.24) is 0 Å².